The van der Waals surface area contributed by atoms with Crippen molar-refractivity contribution in [2.75, 3.05) is 6.61 Å². The molecule has 0 N–H and O–H groups in total. The zero-order valence-electron chi connectivity index (χ0n) is 14.3. The average Bonchev–Trinajstić information content (AvgIpc) is 2.34. The van der Waals surface area contributed by atoms with Gasteiger partial charge in [-0.05, 0) is 48.9 Å². The average molecular weight is 293 g/mol. The predicted octanol–water partition coefficient (Wildman–Crippen LogP) is 5.87. The van der Waals surface area contributed by atoms with Crippen molar-refractivity contribution in [3.05, 3.63) is 36.0 Å². The summed E-state index contributed by atoms with van der Waals surface area (Å²) >= 11 is 0. The second-order valence-electron chi connectivity index (χ2n) is 7.70. The first-order valence-electron chi connectivity index (χ1n) is 7.80. The van der Waals surface area contributed by atoms with E-state index in [0.29, 0.717) is 6.61 Å². The molecule has 0 unspecified atom stereocenters. The van der Waals surface area contributed by atoms with E-state index in [-0.39, 0.29) is 5.04 Å². The molecule has 0 saturated carbocycles. The molecule has 114 valence electrons. The number of allylic oxidation sites excluding steroid dienone is 3. The lowest BCUT2D eigenvalue weighted by Gasteiger charge is -2.36. The van der Waals surface area contributed by atoms with E-state index in [2.05, 4.69) is 65.6 Å². The van der Waals surface area contributed by atoms with E-state index in [1.807, 2.05) is 0 Å². The van der Waals surface area contributed by atoms with E-state index < -0.39 is 8.32 Å². The van der Waals surface area contributed by atoms with Gasteiger partial charge in [0.1, 0.15) is 0 Å². The van der Waals surface area contributed by atoms with Crippen molar-refractivity contribution < 1.29 is 4.43 Å². The second-order valence-corrected chi connectivity index (χ2v) is 12.5. The normalized spacial score (nSPS) is 21.1. The van der Waals surface area contributed by atoms with Crippen LogP contribution in [0, 0.1) is 5.92 Å². The molecule has 1 aliphatic carbocycles. The first kappa shape index (κ1) is 17.4. The highest BCUT2D eigenvalue weighted by Crippen LogP contribution is 2.36. The first-order chi connectivity index (χ1) is 9.12. The van der Waals surface area contributed by atoms with Crippen LogP contribution in [-0.2, 0) is 4.43 Å². The second kappa shape index (κ2) is 6.90. The number of rotatable bonds is 5. The lowest BCUT2D eigenvalue weighted by Crippen LogP contribution is -2.41. The van der Waals surface area contributed by atoms with E-state index in [4.69, 9.17) is 4.43 Å². The number of hydrogen-bond acceptors (Lipinski definition) is 1. The van der Waals surface area contributed by atoms with E-state index in [9.17, 15) is 0 Å². The minimum atomic E-state index is -1.65. The van der Waals surface area contributed by atoms with Crippen molar-refractivity contribution >= 4 is 8.32 Å². The van der Waals surface area contributed by atoms with Crippen molar-refractivity contribution in [1.29, 1.82) is 0 Å². The van der Waals surface area contributed by atoms with E-state index in [1.54, 1.807) is 0 Å². The minimum Gasteiger partial charge on any atom is -0.413 e. The molecule has 0 bridgehead atoms. The molecule has 0 aromatic heterocycles. The Labute approximate surface area is 126 Å². The SMILES string of the molecule is C=C(/C=C/C1=CC[C@H](C)CC1)CO[Si](C)(C)C(C)(C)C. The van der Waals surface area contributed by atoms with Gasteiger partial charge in [0, 0.05) is 0 Å². The molecular weight excluding hydrogens is 260 g/mol. The molecule has 1 atom stereocenters. The van der Waals surface area contributed by atoms with E-state index in [1.165, 1.54) is 24.8 Å². The van der Waals surface area contributed by atoms with Crippen LogP contribution in [0.4, 0.5) is 0 Å². The molecule has 1 nitrogen and oxygen atoms in total. The van der Waals surface area contributed by atoms with Crippen LogP contribution in [0.15, 0.2) is 36.0 Å². The Kier molecular flexibility index (Phi) is 6.02. The van der Waals surface area contributed by atoms with Gasteiger partial charge in [-0.25, -0.2) is 0 Å². The van der Waals surface area contributed by atoms with Gasteiger partial charge < -0.3 is 4.43 Å². The van der Waals surface area contributed by atoms with Crippen LogP contribution in [0.25, 0.3) is 0 Å². The number of hydrogen-bond donors (Lipinski definition) is 0. The Balaban J connectivity index is 2.45. The topological polar surface area (TPSA) is 9.23 Å². The molecule has 0 heterocycles. The molecule has 0 aromatic rings. The fourth-order valence-corrected chi connectivity index (χ4v) is 2.88. The molecule has 0 aliphatic heterocycles. The Hall–Kier alpha value is -0.603. The van der Waals surface area contributed by atoms with E-state index in [0.717, 1.165) is 11.5 Å². The molecule has 0 fully saturated rings. The summed E-state index contributed by atoms with van der Waals surface area (Å²) in [5.74, 6) is 0.845. The molecule has 0 saturated heterocycles. The fraction of sp³-hybridized carbons (Fsp3) is 0.667. The molecule has 0 amide bonds. The van der Waals surface area contributed by atoms with Crippen LogP contribution in [0.5, 0.6) is 0 Å². The van der Waals surface area contributed by atoms with Gasteiger partial charge in [-0.2, -0.15) is 0 Å². The minimum absolute atomic E-state index is 0.263. The summed E-state index contributed by atoms with van der Waals surface area (Å²) in [6, 6.07) is 0. The van der Waals surface area contributed by atoms with Gasteiger partial charge in [-0.3, -0.25) is 0 Å². The monoisotopic (exact) mass is 292 g/mol. The third kappa shape index (κ3) is 5.41. The Bertz CT molecular complexity index is 396. The van der Waals surface area contributed by atoms with Gasteiger partial charge in [0.25, 0.3) is 0 Å². The van der Waals surface area contributed by atoms with Gasteiger partial charge in [-0.1, -0.05) is 58.1 Å². The van der Waals surface area contributed by atoms with Crippen LogP contribution in [0.2, 0.25) is 18.1 Å². The summed E-state index contributed by atoms with van der Waals surface area (Å²) < 4.78 is 6.18. The molecular formula is C18H32OSi. The Morgan fingerprint density at radius 2 is 2.10 bits per heavy atom. The highest BCUT2D eigenvalue weighted by molar-refractivity contribution is 6.74. The van der Waals surface area contributed by atoms with Crippen molar-refractivity contribution in [2.45, 2.75) is 65.1 Å². The zero-order chi connectivity index (χ0) is 15.4. The van der Waals surface area contributed by atoms with Gasteiger partial charge in [0.2, 0.25) is 0 Å². The van der Waals surface area contributed by atoms with Crippen molar-refractivity contribution in [1.82, 2.24) is 0 Å². The summed E-state index contributed by atoms with van der Waals surface area (Å²) in [7, 11) is -1.65. The van der Waals surface area contributed by atoms with Gasteiger partial charge >= 0.3 is 0 Å². The molecule has 2 heteroatoms. The van der Waals surface area contributed by atoms with Gasteiger partial charge in [-0.15, -0.1) is 0 Å². The fourth-order valence-electron chi connectivity index (χ4n) is 1.90. The van der Waals surface area contributed by atoms with Crippen LogP contribution in [0.3, 0.4) is 0 Å². The van der Waals surface area contributed by atoms with Crippen molar-refractivity contribution in [3.63, 3.8) is 0 Å². The highest BCUT2D eigenvalue weighted by atomic mass is 28.4. The molecule has 0 radical (unpaired) electrons. The summed E-state index contributed by atoms with van der Waals surface area (Å²) in [5, 5.41) is 0.263. The first-order valence-corrected chi connectivity index (χ1v) is 10.7. The molecule has 1 aliphatic rings. The summed E-state index contributed by atoms with van der Waals surface area (Å²) in [6.45, 7) is 18.5. The molecule has 20 heavy (non-hydrogen) atoms. The predicted molar refractivity (Wildman–Crippen MR) is 92.5 cm³/mol. The van der Waals surface area contributed by atoms with Crippen LogP contribution in [-0.4, -0.2) is 14.9 Å². The van der Waals surface area contributed by atoms with Gasteiger partial charge in [0.05, 0.1) is 6.61 Å². The lowest BCUT2D eigenvalue weighted by atomic mass is 9.91. The highest BCUT2D eigenvalue weighted by Gasteiger charge is 2.36. The van der Waals surface area contributed by atoms with Gasteiger partial charge in [0.15, 0.2) is 8.32 Å². The maximum absolute atomic E-state index is 6.18. The molecule has 0 aromatic carbocycles. The molecule has 0 spiro atoms. The van der Waals surface area contributed by atoms with Crippen LogP contribution in [0.1, 0.15) is 47.0 Å². The largest absolute Gasteiger partial charge is 0.413 e. The summed E-state index contributed by atoms with van der Waals surface area (Å²) in [5.41, 5.74) is 2.53. The van der Waals surface area contributed by atoms with Crippen LogP contribution < -0.4 is 0 Å². The maximum Gasteiger partial charge on any atom is 0.192 e. The Morgan fingerprint density at radius 1 is 1.45 bits per heavy atom. The third-order valence-electron chi connectivity index (χ3n) is 4.67. The lowest BCUT2D eigenvalue weighted by molar-refractivity contribution is 0.322. The summed E-state index contributed by atoms with van der Waals surface area (Å²) in [6.07, 6.45) is 10.5. The quantitative estimate of drug-likeness (QED) is 0.455. The maximum atomic E-state index is 6.18. The molecule has 1 rings (SSSR count). The zero-order valence-corrected chi connectivity index (χ0v) is 15.3. The summed E-state index contributed by atoms with van der Waals surface area (Å²) in [4.78, 5) is 0. The van der Waals surface area contributed by atoms with E-state index >= 15 is 0 Å². The van der Waals surface area contributed by atoms with Crippen molar-refractivity contribution in [2.24, 2.45) is 5.92 Å². The van der Waals surface area contributed by atoms with Crippen molar-refractivity contribution in [3.8, 4) is 0 Å². The Morgan fingerprint density at radius 3 is 2.60 bits per heavy atom. The smallest absolute Gasteiger partial charge is 0.192 e. The third-order valence-corrected chi connectivity index (χ3v) is 9.14. The van der Waals surface area contributed by atoms with Crippen LogP contribution >= 0.6 is 0 Å². The standard InChI is InChI=1S/C18H32OSi/c1-15-8-11-17(12-9-15)13-10-16(2)14-19-20(6,7)18(3,4)5/h10-11,13,15H,2,8-9,12,14H2,1,3-7H3/b13-10+/t15-/m0/s1.